The van der Waals surface area contributed by atoms with Crippen LogP contribution in [0.1, 0.15) is 28.3 Å². The molecule has 0 radical (unpaired) electrons. The van der Waals surface area contributed by atoms with E-state index in [1.54, 1.807) is 24.3 Å². The first-order valence-electron chi connectivity index (χ1n) is 8.67. The molecule has 0 saturated heterocycles. The minimum Gasteiger partial charge on any atom is -0.488 e. The number of aromatic nitrogens is 2. The van der Waals surface area contributed by atoms with Gasteiger partial charge in [0, 0.05) is 22.4 Å². The molecule has 1 aliphatic rings. The van der Waals surface area contributed by atoms with Crippen LogP contribution in [0.4, 0.5) is 4.39 Å². The van der Waals surface area contributed by atoms with Crippen molar-refractivity contribution in [2.75, 3.05) is 0 Å². The van der Waals surface area contributed by atoms with Gasteiger partial charge in [0.15, 0.2) is 0 Å². The number of H-pyrrole nitrogens is 1. The van der Waals surface area contributed by atoms with Crippen LogP contribution < -0.4 is 15.2 Å². The number of nitrogens with two attached hydrogens (primary N) is 1. The highest BCUT2D eigenvalue weighted by Crippen LogP contribution is 2.45. The molecule has 0 spiro atoms. The number of fused-ring (bicyclic) bond motifs is 1. The summed E-state index contributed by atoms with van der Waals surface area (Å²) in [5.41, 5.74) is 8.91. The molecule has 0 aliphatic carbocycles. The molecule has 3 N–H and O–H groups in total. The highest BCUT2D eigenvalue weighted by atomic mass is 19.1. The van der Waals surface area contributed by atoms with Gasteiger partial charge in [-0.3, -0.25) is 5.10 Å². The van der Waals surface area contributed by atoms with E-state index in [0.29, 0.717) is 17.2 Å². The first-order chi connectivity index (χ1) is 13.6. The highest BCUT2D eigenvalue weighted by molar-refractivity contribution is 5.57. The van der Waals surface area contributed by atoms with Gasteiger partial charge >= 0.3 is 0 Å². The molecule has 1 atom stereocenters. The van der Waals surface area contributed by atoms with Gasteiger partial charge in [0.1, 0.15) is 29.8 Å². The SMILES string of the molecule is Cc1[nH]nc2c1C(c1ccccc1OCc1ccccc1F)C(C#N)=C(N)O2. The number of aryl methyl sites for hydroxylation is 1. The van der Waals surface area contributed by atoms with Crippen LogP contribution in [-0.4, -0.2) is 10.2 Å². The van der Waals surface area contributed by atoms with E-state index in [1.165, 1.54) is 6.07 Å². The molecule has 6 nitrogen and oxygen atoms in total. The van der Waals surface area contributed by atoms with Gasteiger partial charge in [-0.25, -0.2) is 4.39 Å². The van der Waals surface area contributed by atoms with Gasteiger partial charge in [0.05, 0.1) is 5.92 Å². The van der Waals surface area contributed by atoms with Crippen LogP contribution >= 0.6 is 0 Å². The minimum absolute atomic E-state index is 0.00964. The van der Waals surface area contributed by atoms with E-state index in [0.717, 1.165) is 16.8 Å². The largest absolute Gasteiger partial charge is 0.488 e. The average molecular weight is 376 g/mol. The maximum Gasteiger partial charge on any atom is 0.244 e. The molecular weight excluding hydrogens is 359 g/mol. The zero-order valence-corrected chi connectivity index (χ0v) is 15.1. The van der Waals surface area contributed by atoms with Crippen molar-refractivity contribution >= 4 is 0 Å². The lowest BCUT2D eigenvalue weighted by Crippen LogP contribution is -2.21. The molecule has 0 amide bonds. The Morgan fingerprint density at radius 3 is 2.79 bits per heavy atom. The van der Waals surface area contributed by atoms with Gasteiger partial charge in [0.2, 0.25) is 11.8 Å². The zero-order valence-electron chi connectivity index (χ0n) is 15.1. The summed E-state index contributed by atoms with van der Waals surface area (Å²) in [5, 5.41) is 16.7. The van der Waals surface area contributed by atoms with Crippen LogP contribution in [0.5, 0.6) is 11.6 Å². The number of benzene rings is 2. The van der Waals surface area contributed by atoms with E-state index >= 15 is 0 Å². The number of para-hydroxylation sites is 1. The van der Waals surface area contributed by atoms with Crippen molar-refractivity contribution in [3.63, 3.8) is 0 Å². The number of hydrogen-bond acceptors (Lipinski definition) is 5. The van der Waals surface area contributed by atoms with Crippen molar-refractivity contribution in [2.24, 2.45) is 5.73 Å². The number of nitrogens with one attached hydrogen (secondary N) is 1. The Morgan fingerprint density at radius 2 is 2.00 bits per heavy atom. The lowest BCUT2D eigenvalue weighted by atomic mass is 9.83. The maximum absolute atomic E-state index is 13.9. The van der Waals surface area contributed by atoms with E-state index in [9.17, 15) is 9.65 Å². The quantitative estimate of drug-likeness (QED) is 0.724. The maximum atomic E-state index is 13.9. The molecule has 1 aromatic heterocycles. The molecule has 0 fully saturated rings. The van der Waals surface area contributed by atoms with E-state index in [2.05, 4.69) is 16.3 Å². The summed E-state index contributed by atoms with van der Waals surface area (Å²) in [6.07, 6.45) is 0. The lowest BCUT2D eigenvalue weighted by Gasteiger charge is -2.25. The van der Waals surface area contributed by atoms with Gasteiger partial charge in [-0.05, 0) is 19.1 Å². The monoisotopic (exact) mass is 376 g/mol. The molecule has 0 bridgehead atoms. The van der Waals surface area contributed by atoms with Gasteiger partial charge in [0.25, 0.3) is 0 Å². The summed E-state index contributed by atoms with van der Waals surface area (Å²) >= 11 is 0. The fourth-order valence-corrected chi connectivity index (χ4v) is 3.33. The van der Waals surface area contributed by atoms with Crippen molar-refractivity contribution in [1.29, 1.82) is 5.26 Å². The molecule has 2 heterocycles. The van der Waals surface area contributed by atoms with Gasteiger partial charge in [-0.1, -0.05) is 36.4 Å². The van der Waals surface area contributed by atoms with E-state index < -0.39 is 5.92 Å². The second-order valence-electron chi connectivity index (χ2n) is 6.41. The third kappa shape index (κ3) is 2.95. The summed E-state index contributed by atoms with van der Waals surface area (Å²) in [6, 6.07) is 15.9. The number of halogens is 1. The van der Waals surface area contributed by atoms with Crippen LogP contribution in [0.25, 0.3) is 0 Å². The molecule has 1 unspecified atom stereocenters. The highest BCUT2D eigenvalue weighted by Gasteiger charge is 2.35. The first-order valence-corrected chi connectivity index (χ1v) is 8.67. The summed E-state index contributed by atoms with van der Waals surface area (Å²) in [4.78, 5) is 0. The Hall–Kier alpha value is -3.79. The summed E-state index contributed by atoms with van der Waals surface area (Å²) in [7, 11) is 0. The van der Waals surface area contributed by atoms with Crippen molar-refractivity contribution < 1.29 is 13.9 Å². The number of nitrogens with zero attached hydrogens (tertiary/aromatic N) is 2. The Morgan fingerprint density at radius 1 is 1.25 bits per heavy atom. The third-order valence-electron chi connectivity index (χ3n) is 4.70. The number of ether oxygens (including phenoxy) is 2. The first kappa shape index (κ1) is 17.6. The van der Waals surface area contributed by atoms with Gasteiger partial charge < -0.3 is 15.2 Å². The summed E-state index contributed by atoms with van der Waals surface area (Å²) < 4.78 is 25.4. The molecule has 0 saturated carbocycles. The van der Waals surface area contributed by atoms with Crippen LogP contribution in [0.3, 0.4) is 0 Å². The lowest BCUT2D eigenvalue weighted by molar-refractivity contribution is 0.295. The third-order valence-corrected chi connectivity index (χ3v) is 4.70. The van der Waals surface area contributed by atoms with Gasteiger partial charge in [-0.2, -0.15) is 5.26 Å². The number of aromatic amines is 1. The fourth-order valence-electron chi connectivity index (χ4n) is 3.33. The van der Waals surface area contributed by atoms with Crippen LogP contribution in [0.2, 0.25) is 0 Å². The number of nitriles is 1. The molecule has 28 heavy (non-hydrogen) atoms. The molecule has 2 aromatic carbocycles. The molecule has 140 valence electrons. The topological polar surface area (TPSA) is 97.0 Å². The second kappa shape index (κ2) is 7.08. The molecular formula is C21H17FN4O2. The van der Waals surface area contributed by atoms with Crippen molar-refractivity contribution in [1.82, 2.24) is 10.2 Å². The standard InChI is InChI=1S/C21H17FN4O2/c1-12-18-19(15(10-23)20(24)28-21(18)26-25-12)14-7-3-5-9-17(14)27-11-13-6-2-4-8-16(13)22/h2-9,19H,11,24H2,1H3,(H,25,26). The van der Waals surface area contributed by atoms with Crippen LogP contribution in [0, 0.1) is 24.1 Å². The van der Waals surface area contributed by atoms with Crippen LogP contribution in [0.15, 0.2) is 60.0 Å². The van der Waals surface area contributed by atoms with Gasteiger partial charge in [-0.15, -0.1) is 5.10 Å². The average Bonchev–Trinajstić information content (AvgIpc) is 3.07. The Kier molecular flexibility index (Phi) is 4.45. The Bertz CT molecular complexity index is 1110. The predicted molar refractivity (Wildman–Crippen MR) is 99.8 cm³/mol. The van der Waals surface area contributed by atoms with E-state index in [-0.39, 0.29) is 23.9 Å². The normalized spacial score (nSPS) is 15.5. The van der Waals surface area contributed by atoms with Crippen molar-refractivity contribution in [3.05, 3.63) is 88.2 Å². The fraction of sp³-hybridized carbons (Fsp3) is 0.143. The second-order valence-corrected chi connectivity index (χ2v) is 6.41. The van der Waals surface area contributed by atoms with E-state index in [1.807, 2.05) is 25.1 Å². The number of hydrogen-bond donors (Lipinski definition) is 2. The van der Waals surface area contributed by atoms with Crippen molar-refractivity contribution in [2.45, 2.75) is 19.4 Å². The molecule has 3 aromatic rings. The molecule has 1 aliphatic heterocycles. The zero-order chi connectivity index (χ0) is 19.7. The van der Waals surface area contributed by atoms with Crippen molar-refractivity contribution in [3.8, 4) is 17.7 Å². The predicted octanol–water partition coefficient (Wildman–Crippen LogP) is 3.65. The summed E-state index contributed by atoms with van der Waals surface area (Å²) in [5.74, 6) is 0.0493. The Labute approximate surface area is 161 Å². The number of rotatable bonds is 4. The molecule has 4 rings (SSSR count). The minimum atomic E-state index is -0.496. The number of allylic oxidation sites excluding steroid dienone is 1. The smallest absolute Gasteiger partial charge is 0.244 e. The molecule has 7 heteroatoms. The Balaban J connectivity index is 1.76. The van der Waals surface area contributed by atoms with Crippen LogP contribution in [-0.2, 0) is 6.61 Å². The summed E-state index contributed by atoms with van der Waals surface area (Å²) in [6.45, 7) is 1.91. The van der Waals surface area contributed by atoms with E-state index in [4.69, 9.17) is 15.2 Å².